The Kier molecular flexibility index (Phi) is 3.98. The van der Waals surface area contributed by atoms with Crippen molar-refractivity contribution in [2.24, 2.45) is 0 Å². The standard InChI is InChI=1S/C9H16N2O3S/c1-9(2,14)5-10-7(12)3-11-6-15-4-8(11)13/h14H,3-6H2,1-2H3,(H,10,12). The molecule has 0 aromatic heterocycles. The highest BCUT2D eigenvalue weighted by Crippen LogP contribution is 2.13. The average molecular weight is 232 g/mol. The van der Waals surface area contributed by atoms with Gasteiger partial charge in [-0.15, -0.1) is 11.8 Å². The molecule has 0 aliphatic carbocycles. The van der Waals surface area contributed by atoms with E-state index in [1.165, 1.54) is 16.7 Å². The fourth-order valence-corrected chi connectivity index (χ4v) is 1.99. The summed E-state index contributed by atoms with van der Waals surface area (Å²) in [5, 5.41) is 12.0. The van der Waals surface area contributed by atoms with Gasteiger partial charge in [0.1, 0.15) is 6.54 Å². The quantitative estimate of drug-likeness (QED) is 0.679. The lowest BCUT2D eigenvalue weighted by atomic mass is 10.1. The van der Waals surface area contributed by atoms with Gasteiger partial charge in [-0.1, -0.05) is 0 Å². The van der Waals surface area contributed by atoms with Crippen LogP contribution in [0.4, 0.5) is 0 Å². The number of thioether (sulfide) groups is 1. The van der Waals surface area contributed by atoms with Crippen molar-refractivity contribution in [1.29, 1.82) is 0 Å². The highest BCUT2D eigenvalue weighted by Gasteiger charge is 2.23. The molecule has 2 amide bonds. The number of carbonyl (C=O) groups excluding carboxylic acids is 2. The Labute approximate surface area is 93.2 Å². The molecule has 6 heteroatoms. The minimum Gasteiger partial charge on any atom is -0.389 e. The van der Waals surface area contributed by atoms with Crippen LogP contribution in [0.15, 0.2) is 0 Å². The molecule has 0 aromatic carbocycles. The molecule has 0 aromatic rings. The molecule has 1 aliphatic rings. The zero-order valence-electron chi connectivity index (χ0n) is 8.95. The third-order valence-electron chi connectivity index (χ3n) is 1.88. The van der Waals surface area contributed by atoms with E-state index in [4.69, 9.17) is 0 Å². The molecular weight excluding hydrogens is 216 g/mol. The molecule has 15 heavy (non-hydrogen) atoms. The second-order valence-electron chi connectivity index (χ2n) is 4.16. The van der Waals surface area contributed by atoms with Crippen LogP contribution < -0.4 is 5.32 Å². The van der Waals surface area contributed by atoms with Crippen molar-refractivity contribution in [2.45, 2.75) is 19.4 Å². The fourth-order valence-electron chi connectivity index (χ4n) is 1.08. The SMILES string of the molecule is CC(C)(O)CNC(=O)CN1CSCC1=O. The number of hydrogen-bond acceptors (Lipinski definition) is 4. The molecule has 1 heterocycles. The lowest BCUT2D eigenvalue weighted by Gasteiger charge is -2.19. The van der Waals surface area contributed by atoms with Crippen LogP contribution in [-0.2, 0) is 9.59 Å². The maximum Gasteiger partial charge on any atom is 0.239 e. The van der Waals surface area contributed by atoms with Crippen molar-refractivity contribution >= 4 is 23.6 Å². The van der Waals surface area contributed by atoms with Crippen molar-refractivity contribution < 1.29 is 14.7 Å². The number of rotatable bonds is 4. The highest BCUT2D eigenvalue weighted by atomic mass is 32.2. The van der Waals surface area contributed by atoms with E-state index >= 15 is 0 Å². The third kappa shape index (κ3) is 4.53. The van der Waals surface area contributed by atoms with Crippen molar-refractivity contribution in [1.82, 2.24) is 10.2 Å². The third-order valence-corrected chi connectivity index (χ3v) is 2.82. The number of hydrogen-bond donors (Lipinski definition) is 2. The number of nitrogens with one attached hydrogen (secondary N) is 1. The Bertz CT molecular complexity index is 263. The van der Waals surface area contributed by atoms with Gasteiger partial charge in [-0.05, 0) is 13.8 Å². The summed E-state index contributed by atoms with van der Waals surface area (Å²) < 4.78 is 0. The second-order valence-corrected chi connectivity index (χ2v) is 5.11. The topological polar surface area (TPSA) is 69.6 Å². The van der Waals surface area contributed by atoms with Crippen LogP contribution in [0.1, 0.15) is 13.8 Å². The maximum absolute atomic E-state index is 11.4. The van der Waals surface area contributed by atoms with Crippen molar-refractivity contribution in [3.8, 4) is 0 Å². The molecule has 1 rings (SSSR count). The van der Waals surface area contributed by atoms with Crippen LogP contribution in [-0.4, -0.2) is 52.1 Å². The van der Waals surface area contributed by atoms with Gasteiger partial charge >= 0.3 is 0 Å². The Morgan fingerprint density at radius 3 is 2.80 bits per heavy atom. The normalized spacial score (nSPS) is 17.0. The smallest absolute Gasteiger partial charge is 0.239 e. The summed E-state index contributed by atoms with van der Waals surface area (Å²) in [7, 11) is 0. The van der Waals surface area contributed by atoms with Gasteiger partial charge in [-0.25, -0.2) is 0 Å². The van der Waals surface area contributed by atoms with Crippen LogP contribution in [0.2, 0.25) is 0 Å². The maximum atomic E-state index is 11.4. The first-order chi connectivity index (χ1) is 6.88. The summed E-state index contributed by atoms with van der Waals surface area (Å²) in [5.74, 6) is 0.805. The molecule has 5 nitrogen and oxygen atoms in total. The van der Waals surface area contributed by atoms with Crippen LogP contribution in [0.3, 0.4) is 0 Å². The van der Waals surface area contributed by atoms with Gasteiger partial charge in [0, 0.05) is 6.54 Å². The molecule has 86 valence electrons. The summed E-state index contributed by atoms with van der Waals surface area (Å²) in [6.07, 6.45) is 0. The van der Waals surface area contributed by atoms with Gasteiger partial charge in [0.25, 0.3) is 0 Å². The first kappa shape index (κ1) is 12.3. The molecule has 1 aliphatic heterocycles. The minimum absolute atomic E-state index is 0.00147. The van der Waals surface area contributed by atoms with Crippen molar-refractivity contribution in [3.05, 3.63) is 0 Å². The Morgan fingerprint density at radius 1 is 1.67 bits per heavy atom. The van der Waals surface area contributed by atoms with Gasteiger partial charge in [0.05, 0.1) is 17.2 Å². The molecule has 0 bridgehead atoms. The molecule has 0 radical (unpaired) electrons. The lowest BCUT2D eigenvalue weighted by molar-refractivity contribution is -0.132. The summed E-state index contributed by atoms with van der Waals surface area (Å²) in [6.45, 7) is 3.51. The molecule has 0 atom stereocenters. The van der Waals surface area contributed by atoms with Gasteiger partial charge < -0.3 is 15.3 Å². The number of carbonyl (C=O) groups is 2. The summed E-state index contributed by atoms with van der Waals surface area (Å²) in [4.78, 5) is 24.1. The van der Waals surface area contributed by atoms with E-state index in [2.05, 4.69) is 5.32 Å². The van der Waals surface area contributed by atoms with E-state index in [1.807, 2.05) is 0 Å². The minimum atomic E-state index is -0.917. The van der Waals surface area contributed by atoms with E-state index < -0.39 is 5.60 Å². The van der Waals surface area contributed by atoms with E-state index in [1.54, 1.807) is 13.8 Å². The molecule has 0 saturated carbocycles. The molecule has 1 saturated heterocycles. The van der Waals surface area contributed by atoms with Crippen molar-refractivity contribution in [2.75, 3.05) is 24.7 Å². The molecule has 1 fully saturated rings. The van der Waals surface area contributed by atoms with Gasteiger partial charge in [0.15, 0.2) is 0 Å². The van der Waals surface area contributed by atoms with E-state index in [-0.39, 0.29) is 24.9 Å². The largest absolute Gasteiger partial charge is 0.389 e. The lowest BCUT2D eigenvalue weighted by Crippen LogP contribution is -2.43. The van der Waals surface area contributed by atoms with Crippen molar-refractivity contribution in [3.63, 3.8) is 0 Å². The molecule has 0 unspecified atom stereocenters. The average Bonchev–Trinajstić information content (AvgIpc) is 2.47. The van der Waals surface area contributed by atoms with Gasteiger partial charge in [-0.3, -0.25) is 9.59 Å². The van der Waals surface area contributed by atoms with Gasteiger partial charge in [0.2, 0.25) is 11.8 Å². The van der Waals surface area contributed by atoms with E-state index in [0.717, 1.165) is 0 Å². The monoisotopic (exact) mass is 232 g/mol. The van der Waals surface area contributed by atoms with Crippen LogP contribution in [0, 0.1) is 0 Å². The zero-order valence-corrected chi connectivity index (χ0v) is 9.76. The van der Waals surface area contributed by atoms with E-state index in [0.29, 0.717) is 11.6 Å². The first-order valence-corrected chi connectivity index (χ1v) is 5.88. The zero-order chi connectivity index (χ0) is 11.5. The summed E-state index contributed by atoms with van der Waals surface area (Å²) in [6, 6.07) is 0. The Balaban J connectivity index is 2.27. The highest BCUT2D eigenvalue weighted by molar-refractivity contribution is 8.00. The Morgan fingerprint density at radius 2 is 2.33 bits per heavy atom. The Hall–Kier alpha value is -0.750. The van der Waals surface area contributed by atoms with Crippen LogP contribution in [0.5, 0.6) is 0 Å². The number of amides is 2. The summed E-state index contributed by atoms with van der Waals surface area (Å²) in [5.41, 5.74) is -0.917. The van der Waals surface area contributed by atoms with Gasteiger partial charge in [-0.2, -0.15) is 0 Å². The predicted octanol–water partition coefficient (Wildman–Crippen LogP) is -0.594. The second kappa shape index (κ2) is 4.85. The number of aliphatic hydroxyl groups is 1. The molecular formula is C9H16N2O3S. The predicted molar refractivity (Wildman–Crippen MR) is 58.3 cm³/mol. The summed E-state index contributed by atoms with van der Waals surface area (Å²) >= 11 is 1.50. The first-order valence-electron chi connectivity index (χ1n) is 4.73. The van der Waals surface area contributed by atoms with Crippen LogP contribution in [0.25, 0.3) is 0 Å². The molecule has 2 N–H and O–H groups in total. The van der Waals surface area contributed by atoms with Crippen LogP contribution >= 0.6 is 11.8 Å². The fraction of sp³-hybridized carbons (Fsp3) is 0.778. The number of nitrogens with zero attached hydrogens (tertiary/aromatic N) is 1. The molecule has 0 spiro atoms. The van der Waals surface area contributed by atoms with E-state index in [9.17, 15) is 14.7 Å².